The summed E-state index contributed by atoms with van der Waals surface area (Å²) in [5, 5.41) is 5.76. The fraction of sp³-hybridized carbons (Fsp3) is 0.467. The van der Waals surface area contributed by atoms with Gasteiger partial charge in [0.15, 0.2) is 0 Å². The zero-order chi connectivity index (χ0) is 30.0. The van der Waals surface area contributed by atoms with Crippen LogP contribution in [-0.2, 0) is 19.1 Å². The van der Waals surface area contributed by atoms with Crippen molar-refractivity contribution in [1.29, 1.82) is 0 Å². The highest BCUT2D eigenvalue weighted by Gasteiger charge is 2.37. The van der Waals surface area contributed by atoms with Crippen molar-refractivity contribution < 1.29 is 23.9 Å². The first kappa shape index (κ1) is 32.6. The molecule has 0 aliphatic carbocycles. The van der Waals surface area contributed by atoms with Gasteiger partial charge in [-0.1, -0.05) is 73.3 Å². The third-order valence-corrected chi connectivity index (χ3v) is 6.38. The van der Waals surface area contributed by atoms with E-state index in [1.807, 2.05) is 39.0 Å². The Morgan fingerprint density at radius 1 is 1.05 bits per heavy atom. The fourth-order valence-electron chi connectivity index (χ4n) is 4.24. The Labute approximate surface area is 241 Å². The topological polar surface area (TPSA) is 131 Å². The number of benzene rings is 2. The quantitative estimate of drug-likeness (QED) is 0.292. The highest BCUT2D eigenvalue weighted by molar-refractivity contribution is 6.34. The van der Waals surface area contributed by atoms with E-state index in [4.69, 9.17) is 22.1 Å². The van der Waals surface area contributed by atoms with Gasteiger partial charge in [0.25, 0.3) is 5.91 Å². The van der Waals surface area contributed by atoms with Crippen LogP contribution in [0.25, 0.3) is 0 Å². The zero-order valence-corrected chi connectivity index (χ0v) is 24.9. The molecule has 0 heterocycles. The molecule has 0 aromatic heterocycles. The Hall–Kier alpha value is -3.59. The zero-order valence-electron chi connectivity index (χ0n) is 24.2. The predicted octanol–water partition coefficient (Wildman–Crippen LogP) is 5.42. The summed E-state index contributed by atoms with van der Waals surface area (Å²) < 4.78 is 5.33. The molecular weight excluding hydrogens is 532 g/mol. The summed E-state index contributed by atoms with van der Waals surface area (Å²) in [6, 6.07) is 10.1. The van der Waals surface area contributed by atoms with Gasteiger partial charge in [0, 0.05) is 6.54 Å². The summed E-state index contributed by atoms with van der Waals surface area (Å²) in [5.41, 5.74) is 7.29. The molecule has 0 aliphatic rings. The second-order valence-electron chi connectivity index (χ2n) is 10.8. The molecule has 0 radical (unpaired) electrons. The van der Waals surface area contributed by atoms with Gasteiger partial charge < -0.3 is 26.0 Å². The van der Waals surface area contributed by atoms with Crippen LogP contribution in [0.1, 0.15) is 76.1 Å². The molecule has 2 aromatic rings. The minimum atomic E-state index is -1.34. The number of carbonyl (C=O) groups excluding carboxylic acids is 4. The minimum Gasteiger partial charge on any atom is -0.444 e. The lowest BCUT2D eigenvalue weighted by Gasteiger charge is -2.34. The summed E-state index contributed by atoms with van der Waals surface area (Å²) in [6.07, 6.45) is 0.939. The molecule has 0 bridgehead atoms. The van der Waals surface area contributed by atoms with Crippen molar-refractivity contribution in [3.8, 4) is 0 Å². The molecular formula is C30H41ClN4O5. The van der Waals surface area contributed by atoms with E-state index in [0.717, 1.165) is 24.0 Å². The van der Waals surface area contributed by atoms with Crippen molar-refractivity contribution in [2.45, 2.75) is 84.9 Å². The number of carbonyl (C=O) groups is 4. The number of primary amides is 1. The van der Waals surface area contributed by atoms with Crippen molar-refractivity contribution in [3.05, 3.63) is 64.2 Å². The number of amides is 4. The number of anilines is 1. The maximum atomic E-state index is 14.1. The number of halogens is 1. The van der Waals surface area contributed by atoms with E-state index in [-0.39, 0.29) is 6.54 Å². The Morgan fingerprint density at radius 2 is 1.73 bits per heavy atom. The van der Waals surface area contributed by atoms with E-state index in [1.165, 1.54) is 4.90 Å². The van der Waals surface area contributed by atoms with Gasteiger partial charge >= 0.3 is 6.09 Å². The summed E-state index contributed by atoms with van der Waals surface area (Å²) in [4.78, 5) is 54.1. The summed E-state index contributed by atoms with van der Waals surface area (Å²) in [5.74, 6) is -1.90. The number of nitrogens with two attached hydrogens (primary N) is 1. The van der Waals surface area contributed by atoms with Gasteiger partial charge in [-0.05, 0) is 58.2 Å². The SMILES string of the molecule is CCCCCN(C(=O)C(CC(N)=O)NC(=O)OC(C)(C)C)C(C(=O)Nc1c(C)cccc1Cl)c1cccc(C)c1. The molecule has 0 fully saturated rings. The maximum absolute atomic E-state index is 14.1. The molecule has 9 nitrogen and oxygen atoms in total. The monoisotopic (exact) mass is 572 g/mol. The number of nitrogens with one attached hydrogen (secondary N) is 2. The van der Waals surface area contributed by atoms with Gasteiger partial charge in [0.2, 0.25) is 11.8 Å². The van der Waals surface area contributed by atoms with Crippen LogP contribution in [0.15, 0.2) is 42.5 Å². The molecule has 40 heavy (non-hydrogen) atoms. The maximum Gasteiger partial charge on any atom is 0.408 e. The van der Waals surface area contributed by atoms with Gasteiger partial charge in [-0.15, -0.1) is 0 Å². The first-order valence-electron chi connectivity index (χ1n) is 13.4. The highest BCUT2D eigenvalue weighted by Crippen LogP contribution is 2.30. The lowest BCUT2D eigenvalue weighted by molar-refractivity contribution is -0.142. The van der Waals surface area contributed by atoms with Gasteiger partial charge in [-0.2, -0.15) is 0 Å². The van der Waals surface area contributed by atoms with Crippen LogP contribution >= 0.6 is 11.6 Å². The Bertz CT molecular complexity index is 1190. The molecule has 2 aromatic carbocycles. The Morgan fingerprint density at radius 3 is 2.30 bits per heavy atom. The van der Waals surface area contributed by atoms with E-state index in [9.17, 15) is 19.2 Å². The number of hydrogen-bond donors (Lipinski definition) is 3. The standard InChI is InChI=1S/C30H41ClN4O5/c1-7-8-9-16-35(28(38)23(18-24(32)36)33-29(39)40-30(4,5)6)26(21-14-10-12-19(2)17-21)27(37)34-25-20(3)13-11-15-22(25)31/h10-15,17,23,26H,7-9,16,18H2,1-6H3,(H2,32,36)(H,33,39)(H,34,37). The highest BCUT2D eigenvalue weighted by atomic mass is 35.5. The average molecular weight is 573 g/mol. The number of para-hydroxylation sites is 1. The second kappa shape index (κ2) is 14.7. The van der Waals surface area contributed by atoms with Crippen LogP contribution in [0, 0.1) is 13.8 Å². The van der Waals surface area contributed by atoms with E-state index < -0.39 is 47.9 Å². The van der Waals surface area contributed by atoms with Gasteiger partial charge in [0.1, 0.15) is 17.7 Å². The van der Waals surface area contributed by atoms with Crippen molar-refractivity contribution in [2.75, 3.05) is 11.9 Å². The first-order valence-corrected chi connectivity index (χ1v) is 13.8. The molecule has 2 unspecified atom stereocenters. The van der Waals surface area contributed by atoms with Crippen molar-refractivity contribution >= 4 is 41.1 Å². The molecule has 2 rings (SSSR count). The Kier molecular flexibility index (Phi) is 12.0. The first-order chi connectivity index (χ1) is 18.7. The molecule has 0 aliphatic heterocycles. The molecule has 0 saturated heterocycles. The van der Waals surface area contributed by atoms with Crippen LogP contribution in [0.5, 0.6) is 0 Å². The van der Waals surface area contributed by atoms with Crippen molar-refractivity contribution in [1.82, 2.24) is 10.2 Å². The average Bonchev–Trinajstić information content (AvgIpc) is 2.83. The Balaban J connectivity index is 2.59. The number of nitrogens with zero attached hydrogens (tertiary/aromatic N) is 1. The van der Waals surface area contributed by atoms with E-state index >= 15 is 0 Å². The largest absolute Gasteiger partial charge is 0.444 e. The van der Waals surface area contributed by atoms with Crippen LogP contribution in [0.3, 0.4) is 0 Å². The molecule has 2 atom stereocenters. The van der Waals surface area contributed by atoms with Crippen molar-refractivity contribution in [3.63, 3.8) is 0 Å². The molecule has 0 spiro atoms. The van der Waals surface area contributed by atoms with Crippen molar-refractivity contribution in [2.24, 2.45) is 5.73 Å². The van der Waals surface area contributed by atoms with Gasteiger partial charge in [-0.25, -0.2) is 4.79 Å². The molecule has 4 amide bonds. The number of ether oxygens (including phenoxy) is 1. The van der Waals surface area contributed by atoms with E-state index in [0.29, 0.717) is 22.7 Å². The van der Waals surface area contributed by atoms with Crippen LogP contribution in [0.4, 0.5) is 10.5 Å². The number of alkyl carbamates (subject to hydrolysis) is 1. The number of aryl methyl sites for hydroxylation is 2. The van der Waals surface area contributed by atoms with Crippen LogP contribution in [0.2, 0.25) is 5.02 Å². The van der Waals surface area contributed by atoms with Gasteiger partial charge in [-0.3, -0.25) is 14.4 Å². The van der Waals surface area contributed by atoms with Crippen LogP contribution in [-0.4, -0.2) is 46.9 Å². The molecule has 10 heteroatoms. The third-order valence-electron chi connectivity index (χ3n) is 6.07. The van der Waals surface area contributed by atoms with E-state index in [1.54, 1.807) is 45.0 Å². The number of hydrogen-bond acceptors (Lipinski definition) is 5. The summed E-state index contributed by atoms with van der Waals surface area (Å²) in [6.45, 7) is 11.0. The molecule has 4 N–H and O–H groups in total. The van der Waals surface area contributed by atoms with Crippen LogP contribution < -0.4 is 16.4 Å². The predicted molar refractivity (Wildman–Crippen MR) is 157 cm³/mol. The minimum absolute atomic E-state index is 0.200. The second-order valence-corrected chi connectivity index (χ2v) is 11.3. The third kappa shape index (κ3) is 9.86. The van der Waals surface area contributed by atoms with E-state index in [2.05, 4.69) is 10.6 Å². The number of unbranched alkanes of at least 4 members (excludes halogenated alkanes) is 2. The fourth-order valence-corrected chi connectivity index (χ4v) is 4.51. The number of rotatable bonds is 12. The summed E-state index contributed by atoms with van der Waals surface area (Å²) >= 11 is 6.40. The lowest BCUT2D eigenvalue weighted by atomic mass is 9.99. The summed E-state index contributed by atoms with van der Waals surface area (Å²) in [7, 11) is 0. The lowest BCUT2D eigenvalue weighted by Crippen LogP contribution is -2.53. The normalized spacial score (nSPS) is 12.7. The van der Waals surface area contributed by atoms with Gasteiger partial charge in [0.05, 0.1) is 17.1 Å². The smallest absolute Gasteiger partial charge is 0.408 e. The molecule has 0 saturated carbocycles. The molecule has 218 valence electrons.